The first-order chi connectivity index (χ1) is 15.7. The summed E-state index contributed by atoms with van der Waals surface area (Å²) in [5.41, 5.74) is 4.35. The monoisotopic (exact) mass is 462 g/mol. The van der Waals surface area contributed by atoms with Gasteiger partial charge >= 0.3 is 0 Å². The molecule has 0 aliphatic carbocycles. The van der Waals surface area contributed by atoms with Crippen LogP contribution in [0.15, 0.2) is 71.6 Å². The molecule has 0 radical (unpaired) electrons. The molecule has 33 heavy (non-hydrogen) atoms. The van der Waals surface area contributed by atoms with E-state index in [-0.39, 0.29) is 10.8 Å². The number of hydrogen-bond donors (Lipinski definition) is 2. The van der Waals surface area contributed by atoms with Crippen LogP contribution in [0, 0.1) is 20.8 Å². The van der Waals surface area contributed by atoms with Crippen molar-refractivity contribution >= 4 is 32.7 Å². The Kier molecular flexibility index (Phi) is 6.20. The number of hydrogen-bond acceptors (Lipinski definition) is 4. The Morgan fingerprint density at radius 2 is 1.70 bits per heavy atom. The van der Waals surface area contributed by atoms with E-state index in [0.717, 1.165) is 22.4 Å². The van der Waals surface area contributed by atoms with Gasteiger partial charge in [0.2, 0.25) is 0 Å². The molecule has 0 spiro atoms. The number of anilines is 1. The van der Waals surface area contributed by atoms with Crippen LogP contribution in [0.5, 0.6) is 0 Å². The van der Waals surface area contributed by atoms with Gasteiger partial charge in [-0.25, -0.2) is 13.4 Å². The number of carbonyl (C=O) groups excluding carboxylic acids is 1. The van der Waals surface area contributed by atoms with Crippen LogP contribution in [0.25, 0.3) is 11.0 Å². The maximum atomic E-state index is 12.8. The topological polar surface area (TPSA) is 93.1 Å². The Balaban J connectivity index is 1.39. The van der Waals surface area contributed by atoms with E-state index in [4.69, 9.17) is 0 Å². The molecule has 0 bridgehead atoms. The molecule has 2 N–H and O–H groups in total. The van der Waals surface area contributed by atoms with Crippen LogP contribution in [0.4, 0.5) is 5.69 Å². The van der Waals surface area contributed by atoms with Crippen LogP contribution >= 0.6 is 0 Å². The summed E-state index contributed by atoms with van der Waals surface area (Å²) in [6, 6.07) is 19.6. The Morgan fingerprint density at radius 1 is 0.970 bits per heavy atom. The zero-order valence-electron chi connectivity index (χ0n) is 18.8. The fraction of sp³-hybridized carbons (Fsp3) is 0.200. The molecule has 0 fully saturated rings. The third-order valence-electron chi connectivity index (χ3n) is 5.50. The van der Waals surface area contributed by atoms with E-state index in [1.54, 1.807) is 43.3 Å². The van der Waals surface area contributed by atoms with Gasteiger partial charge in [0.1, 0.15) is 5.82 Å². The Labute approximate surface area is 193 Å². The molecule has 0 unspecified atom stereocenters. The highest BCUT2D eigenvalue weighted by atomic mass is 32.2. The van der Waals surface area contributed by atoms with Gasteiger partial charge < -0.3 is 9.88 Å². The lowest BCUT2D eigenvalue weighted by Crippen LogP contribution is -2.27. The standard InChI is InChI=1S/C25H26N4O3S/c1-17-8-9-18(2)24(16-17)33(31,32)28-21-12-10-20(11-13-21)25(30)26-14-15-29-19(3)27-22-6-4-5-7-23(22)29/h4-13,16,28H,14-15H2,1-3H3,(H,26,30). The number of carbonyl (C=O) groups is 1. The van der Waals surface area contributed by atoms with Crippen LogP contribution in [-0.2, 0) is 16.6 Å². The molecule has 1 heterocycles. The second-order valence-electron chi connectivity index (χ2n) is 8.01. The average Bonchev–Trinajstić information content (AvgIpc) is 3.10. The number of nitrogens with zero attached hydrogens (tertiary/aromatic N) is 2. The number of imidazole rings is 1. The third kappa shape index (κ3) is 4.90. The van der Waals surface area contributed by atoms with Gasteiger partial charge in [-0.3, -0.25) is 9.52 Å². The van der Waals surface area contributed by atoms with E-state index in [2.05, 4.69) is 19.6 Å². The van der Waals surface area contributed by atoms with Crippen LogP contribution in [0.1, 0.15) is 27.3 Å². The van der Waals surface area contributed by atoms with Crippen molar-refractivity contribution in [1.29, 1.82) is 0 Å². The van der Waals surface area contributed by atoms with Crippen molar-refractivity contribution in [2.45, 2.75) is 32.2 Å². The molecule has 0 aliphatic rings. The highest BCUT2D eigenvalue weighted by Gasteiger charge is 2.17. The van der Waals surface area contributed by atoms with Gasteiger partial charge in [0.25, 0.3) is 15.9 Å². The molecule has 3 aromatic carbocycles. The lowest BCUT2D eigenvalue weighted by molar-refractivity contribution is 0.0952. The van der Waals surface area contributed by atoms with Gasteiger partial charge in [-0.1, -0.05) is 24.3 Å². The second kappa shape index (κ2) is 9.07. The molecular weight excluding hydrogens is 436 g/mol. The first-order valence-electron chi connectivity index (χ1n) is 10.6. The summed E-state index contributed by atoms with van der Waals surface area (Å²) in [7, 11) is -3.72. The van der Waals surface area contributed by atoms with Gasteiger partial charge in [-0.15, -0.1) is 0 Å². The maximum absolute atomic E-state index is 12.8. The predicted octanol–water partition coefficient (Wildman–Crippen LogP) is 4.19. The summed E-state index contributed by atoms with van der Waals surface area (Å²) in [6.07, 6.45) is 0. The van der Waals surface area contributed by atoms with Crippen molar-refractivity contribution in [3.05, 3.63) is 89.2 Å². The van der Waals surface area contributed by atoms with Crippen molar-refractivity contribution in [1.82, 2.24) is 14.9 Å². The SMILES string of the molecule is Cc1ccc(C)c(S(=O)(=O)Nc2ccc(C(=O)NCCn3c(C)nc4ccccc43)cc2)c1. The lowest BCUT2D eigenvalue weighted by atomic mass is 10.2. The van der Waals surface area contributed by atoms with Crippen LogP contribution < -0.4 is 10.0 Å². The minimum atomic E-state index is -3.72. The molecular formula is C25H26N4O3S. The Hall–Kier alpha value is -3.65. The van der Waals surface area contributed by atoms with E-state index in [1.165, 1.54) is 0 Å². The van der Waals surface area contributed by atoms with Crippen molar-refractivity contribution < 1.29 is 13.2 Å². The zero-order valence-corrected chi connectivity index (χ0v) is 19.6. The molecule has 7 nitrogen and oxygen atoms in total. The molecule has 0 saturated carbocycles. The zero-order chi connectivity index (χ0) is 23.6. The lowest BCUT2D eigenvalue weighted by Gasteiger charge is -2.12. The number of nitrogens with one attached hydrogen (secondary N) is 2. The minimum absolute atomic E-state index is 0.221. The van der Waals surface area contributed by atoms with Crippen LogP contribution in [0.3, 0.4) is 0 Å². The van der Waals surface area contributed by atoms with E-state index >= 15 is 0 Å². The highest BCUT2D eigenvalue weighted by molar-refractivity contribution is 7.92. The first-order valence-corrected chi connectivity index (χ1v) is 12.1. The second-order valence-corrected chi connectivity index (χ2v) is 9.66. The van der Waals surface area contributed by atoms with Crippen LogP contribution in [-0.4, -0.2) is 30.4 Å². The van der Waals surface area contributed by atoms with E-state index in [9.17, 15) is 13.2 Å². The number of sulfonamides is 1. The molecule has 0 aliphatic heterocycles. The van der Waals surface area contributed by atoms with Gasteiger partial charge in [0.15, 0.2) is 0 Å². The van der Waals surface area contributed by atoms with Crippen molar-refractivity contribution in [3.8, 4) is 0 Å². The Morgan fingerprint density at radius 3 is 2.45 bits per heavy atom. The smallest absolute Gasteiger partial charge is 0.262 e. The molecule has 1 amide bonds. The van der Waals surface area contributed by atoms with E-state index < -0.39 is 10.0 Å². The number of benzene rings is 3. The van der Waals surface area contributed by atoms with Crippen molar-refractivity contribution in [2.75, 3.05) is 11.3 Å². The number of aryl methyl sites for hydroxylation is 3. The number of rotatable bonds is 7. The molecule has 1 aromatic heterocycles. The van der Waals surface area contributed by atoms with Crippen LogP contribution in [0.2, 0.25) is 0 Å². The average molecular weight is 463 g/mol. The molecule has 0 atom stereocenters. The van der Waals surface area contributed by atoms with Crippen molar-refractivity contribution in [2.24, 2.45) is 0 Å². The normalized spacial score (nSPS) is 11.5. The summed E-state index contributed by atoms with van der Waals surface area (Å²) in [6.45, 7) is 6.60. The highest BCUT2D eigenvalue weighted by Crippen LogP contribution is 2.21. The maximum Gasteiger partial charge on any atom is 0.262 e. The van der Waals surface area contributed by atoms with E-state index in [0.29, 0.717) is 29.9 Å². The summed E-state index contributed by atoms with van der Waals surface area (Å²) in [5.74, 6) is 0.673. The molecule has 170 valence electrons. The largest absolute Gasteiger partial charge is 0.350 e. The summed E-state index contributed by atoms with van der Waals surface area (Å²) in [4.78, 5) is 17.3. The summed E-state index contributed by atoms with van der Waals surface area (Å²) in [5, 5.41) is 2.91. The number of fused-ring (bicyclic) bond motifs is 1. The molecule has 4 aromatic rings. The molecule has 4 rings (SSSR count). The molecule has 0 saturated heterocycles. The Bertz CT molecular complexity index is 1420. The summed E-state index contributed by atoms with van der Waals surface area (Å²) < 4.78 is 30.2. The molecule has 8 heteroatoms. The van der Waals surface area contributed by atoms with Gasteiger partial charge in [-0.2, -0.15) is 0 Å². The minimum Gasteiger partial charge on any atom is -0.350 e. The fourth-order valence-corrected chi connectivity index (χ4v) is 5.15. The van der Waals surface area contributed by atoms with Gasteiger partial charge in [0.05, 0.1) is 15.9 Å². The predicted molar refractivity (Wildman–Crippen MR) is 130 cm³/mol. The van der Waals surface area contributed by atoms with E-state index in [1.807, 2.05) is 44.2 Å². The summed E-state index contributed by atoms with van der Waals surface area (Å²) >= 11 is 0. The van der Waals surface area contributed by atoms with Gasteiger partial charge in [-0.05, 0) is 74.4 Å². The number of para-hydroxylation sites is 2. The fourth-order valence-electron chi connectivity index (χ4n) is 3.76. The van der Waals surface area contributed by atoms with Crippen molar-refractivity contribution in [3.63, 3.8) is 0 Å². The number of amides is 1. The quantitative estimate of drug-likeness (QED) is 0.431. The third-order valence-corrected chi connectivity index (χ3v) is 7.02. The first kappa shape index (κ1) is 22.5. The number of aromatic nitrogens is 2. The van der Waals surface area contributed by atoms with Gasteiger partial charge in [0, 0.05) is 24.3 Å².